The van der Waals surface area contributed by atoms with Crippen LogP contribution in [-0.2, 0) is 10.2 Å². The molecular weight excluding hydrogens is 287 g/mol. The first kappa shape index (κ1) is 17.4. The van der Waals surface area contributed by atoms with Crippen molar-refractivity contribution in [2.45, 2.75) is 32.4 Å². The van der Waals surface area contributed by atoms with Crippen molar-refractivity contribution in [3.05, 3.63) is 11.9 Å². The minimum Gasteiger partial charge on any atom is -0.370 e. The molecule has 0 aromatic carbocycles. The molecule has 0 amide bonds. The lowest BCUT2D eigenvalue weighted by Gasteiger charge is -2.18. The highest BCUT2D eigenvalue weighted by atomic mass is 19.4. The highest BCUT2D eigenvalue weighted by molar-refractivity contribution is 5.47. The Labute approximate surface area is 121 Å². The maximum absolute atomic E-state index is 11.9. The Morgan fingerprint density at radius 3 is 2.33 bits per heavy atom. The molecule has 0 saturated carbocycles. The van der Waals surface area contributed by atoms with Gasteiger partial charge in [-0.2, -0.15) is 13.2 Å². The molecule has 9 heteroatoms. The van der Waals surface area contributed by atoms with Crippen LogP contribution < -0.4 is 16.6 Å². The molecule has 1 aromatic heterocycles. The van der Waals surface area contributed by atoms with Crippen LogP contribution in [0, 0.1) is 0 Å². The average molecular weight is 307 g/mol. The monoisotopic (exact) mass is 307 g/mol. The fourth-order valence-corrected chi connectivity index (χ4v) is 1.39. The Morgan fingerprint density at radius 2 is 1.81 bits per heavy atom. The number of nitrogens with two attached hydrogens (primary N) is 1. The van der Waals surface area contributed by atoms with E-state index in [1.165, 1.54) is 0 Å². The zero-order chi connectivity index (χ0) is 16.1. The van der Waals surface area contributed by atoms with Gasteiger partial charge in [0.15, 0.2) is 0 Å². The molecule has 0 bridgehead atoms. The summed E-state index contributed by atoms with van der Waals surface area (Å²) in [5.41, 5.74) is 2.15. The topological polar surface area (TPSA) is 85.1 Å². The third-order valence-electron chi connectivity index (χ3n) is 2.36. The van der Waals surface area contributed by atoms with Gasteiger partial charge < -0.3 is 15.5 Å². The molecule has 1 heterocycles. The Hall–Kier alpha value is -1.61. The molecule has 0 radical (unpaired) electrons. The summed E-state index contributed by atoms with van der Waals surface area (Å²) >= 11 is 0. The summed E-state index contributed by atoms with van der Waals surface area (Å²) in [5.74, 6) is 6.80. The second kappa shape index (κ2) is 6.90. The van der Waals surface area contributed by atoms with Gasteiger partial charge in [0.1, 0.15) is 24.1 Å². The number of nitrogens with zero attached hydrogens (tertiary/aromatic N) is 2. The fourth-order valence-electron chi connectivity index (χ4n) is 1.39. The molecule has 1 aromatic rings. The molecule has 0 aliphatic rings. The summed E-state index contributed by atoms with van der Waals surface area (Å²) < 4.78 is 40.2. The van der Waals surface area contributed by atoms with Crippen molar-refractivity contribution in [1.82, 2.24) is 9.97 Å². The number of hydrazine groups is 1. The van der Waals surface area contributed by atoms with Crippen LogP contribution in [0.5, 0.6) is 0 Å². The highest BCUT2D eigenvalue weighted by Gasteiger charge is 2.27. The van der Waals surface area contributed by atoms with E-state index in [9.17, 15) is 13.2 Å². The van der Waals surface area contributed by atoms with Gasteiger partial charge in [-0.25, -0.2) is 15.8 Å². The van der Waals surface area contributed by atoms with Crippen LogP contribution in [-0.4, -0.2) is 35.9 Å². The molecule has 4 N–H and O–H groups in total. The number of anilines is 2. The molecule has 120 valence electrons. The largest absolute Gasteiger partial charge is 0.411 e. The predicted molar refractivity (Wildman–Crippen MR) is 73.9 cm³/mol. The number of ether oxygens (including phenoxy) is 1. The summed E-state index contributed by atoms with van der Waals surface area (Å²) in [6, 6.07) is 1.57. The molecule has 0 atom stereocenters. The summed E-state index contributed by atoms with van der Waals surface area (Å²) in [7, 11) is 0. The third kappa shape index (κ3) is 6.58. The zero-order valence-electron chi connectivity index (χ0n) is 12.2. The van der Waals surface area contributed by atoms with Crippen LogP contribution in [0.2, 0.25) is 0 Å². The molecule has 0 aliphatic heterocycles. The maximum Gasteiger partial charge on any atom is 0.411 e. The van der Waals surface area contributed by atoms with Gasteiger partial charge in [-0.05, 0) is 0 Å². The van der Waals surface area contributed by atoms with Gasteiger partial charge in [0, 0.05) is 18.0 Å². The first-order valence-electron chi connectivity index (χ1n) is 6.36. The van der Waals surface area contributed by atoms with Crippen molar-refractivity contribution in [3.63, 3.8) is 0 Å². The fraction of sp³-hybridized carbons (Fsp3) is 0.667. The van der Waals surface area contributed by atoms with E-state index in [0.29, 0.717) is 17.5 Å². The van der Waals surface area contributed by atoms with E-state index >= 15 is 0 Å². The molecule has 0 spiro atoms. The zero-order valence-corrected chi connectivity index (χ0v) is 12.2. The highest BCUT2D eigenvalue weighted by Crippen LogP contribution is 2.21. The number of rotatable bonds is 6. The Balaban J connectivity index is 2.59. The molecular formula is C12H20F3N5O. The van der Waals surface area contributed by atoms with Crippen LogP contribution in [0.4, 0.5) is 24.8 Å². The van der Waals surface area contributed by atoms with E-state index in [-0.39, 0.29) is 18.6 Å². The lowest BCUT2D eigenvalue weighted by Crippen LogP contribution is -2.22. The number of hydrogen-bond acceptors (Lipinski definition) is 6. The summed E-state index contributed by atoms with van der Waals surface area (Å²) in [4.78, 5) is 8.54. The van der Waals surface area contributed by atoms with Gasteiger partial charge in [0.05, 0.1) is 6.61 Å². The van der Waals surface area contributed by atoms with Gasteiger partial charge in [0.2, 0.25) is 0 Å². The Morgan fingerprint density at radius 1 is 1.19 bits per heavy atom. The van der Waals surface area contributed by atoms with Crippen molar-refractivity contribution in [3.8, 4) is 0 Å². The standard InChI is InChI=1S/C12H20F3N5O/c1-11(2,3)10-18-8(6-9(19-10)20-16)17-4-5-21-7-12(13,14)15/h6H,4-5,7,16H2,1-3H3,(H2,17,18,19,20). The van der Waals surface area contributed by atoms with Gasteiger partial charge in [-0.15, -0.1) is 0 Å². The number of hydrogen-bond donors (Lipinski definition) is 3. The summed E-state index contributed by atoms with van der Waals surface area (Å²) in [6.45, 7) is 4.68. The van der Waals surface area contributed by atoms with Crippen molar-refractivity contribution in [1.29, 1.82) is 0 Å². The van der Waals surface area contributed by atoms with Crippen LogP contribution in [0.1, 0.15) is 26.6 Å². The molecule has 21 heavy (non-hydrogen) atoms. The minimum absolute atomic E-state index is 0.0836. The summed E-state index contributed by atoms with van der Waals surface area (Å²) in [5, 5.41) is 2.88. The third-order valence-corrected chi connectivity index (χ3v) is 2.36. The van der Waals surface area contributed by atoms with Gasteiger partial charge in [-0.3, -0.25) is 0 Å². The molecule has 0 saturated heterocycles. The van der Waals surface area contributed by atoms with E-state index < -0.39 is 12.8 Å². The second-order valence-corrected chi connectivity index (χ2v) is 5.45. The van der Waals surface area contributed by atoms with Crippen molar-refractivity contribution in [2.24, 2.45) is 5.84 Å². The van der Waals surface area contributed by atoms with Crippen LogP contribution in [0.3, 0.4) is 0 Å². The van der Waals surface area contributed by atoms with Gasteiger partial charge in [0.25, 0.3) is 0 Å². The summed E-state index contributed by atoms with van der Waals surface area (Å²) in [6.07, 6.45) is -4.31. The maximum atomic E-state index is 11.9. The average Bonchev–Trinajstić information content (AvgIpc) is 2.35. The van der Waals surface area contributed by atoms with Crippen LogP contribution >= 0.6 is 0 Å². The van der Waals surface area contributed by atoms with E-state index in [2.05, 4.69) is 25.4 Å². The quantitative estimate of drug-likeness (QED) is 0.424. The number of alkyl halides is 3. The first-order valence-corrected chi connectivity index (χ1v) is 6.36. The minimum atomic E-state index is -4.31. The van der Waals surface area contributed by atoms with E-state index in [4.69, 9.17) is 5.84 Å². The normalized spacial score (nSPS) is 12.3. The smallest absolute Gasteiger partial charge is 0.370 e. The van der Waals surface area contributed by atoms with Gasteiger partial charge in [-0.1, -0.05) is 20.8 Å². The van der Waals surface area contributed by atoms with E-state index in [1.807, 2.05) is 20.8 Å². The van der Waals surface area contributed by atoms with E-state index in [1.54, 1.807) is 6.07 Å². The SMILES string of the molecule is CC(C)(C)c1nc(NN)cc(NCCOCC(F)(F)F)n1. The molecule has 0 fully saturated rings. The van der Waals surface area contributed by atoms with Crippen molar-refractivity contribution >= 4 is 11.6 Å². The molecule has 1 rings (SSSR count). The van der Waals surface area contributed by atoms with E-state index in [0.717, 1.165) is 0 Å². The second-order valence-electron chi connectivity index (χ2n) is 5.45. The number of nitrogen functional groups attached to an aromatic ring is 1. The Kier molecular flexibility index (Phi) is 5.73. The lowest BCUT2D eigenvalue weighted by atomic mass is 9.96. The van der Waals surface area contributed by atoms with Gasteiger partial charge >= 0.3 is 6.18 Å². The lowest BCUT2D eigenvalue weighted by molar-refractivity contribution is -0.172. The van der Waals surface area contributed by atoms with Crippen molar-refractivity contribution in [2.75, 3.05) is 30.5 Å². The molecule has 6 nitrogen and oxygen atoms in total. The predicted octanol–water partition coefficient (Wildman–Crippen LogP) is 2.05. The Bertz CT molecular complexity index is 459. The van der Waals surface area contributed by atoms with Crippen LogP contribution in [0.15, 0.2) is 6.07 Å². The molecule has 0 aliphatic carbocycles. The van der Waals surface area contributed by atoms with Crippen molar-refractivity contribution < 1.29 is 17.9 Å². The first-order chi connectivity index (χ1) is 9.62. The van der Waals surface area contributed by atoms with Crippen LogP contribution in [0.25, 0.3) is 0 Å². The molecule has 0 unspecified atom stereocenters. The number of aromatic nitrogens is 2. The number of nitrogens with one attached hydrogen (secondary N) is 2. The number of halogens is 3.